The fourth-order valence-corrected chi connectivity index (χ4v) is 2.34. The van der Waals surface area contributed by atoms with Crippen molar-refractivity contribution in [2.24, 2.45) is 0 Å². The van der Waals surface area contributed by atoms with Crippen molar-refractivity contribution in [1.29, 1.82) is 0 Å². The van der Waals surface area contributed by atoms with Gasteiger partial charge in [0.15, 0.2) is 9.84 Å². The largest absolute Gasteiger partial charge is 0.378 e. The molecule has 0 aromatic heterocycles. The van der Waals surface area contributed by atoms with Crippen LogP contribution < -0.4 is 5.32 Å². The summed E-state index contributed by atoms with van der Waals surface area (Å²) in [5.74, 6) is -0.0843. The van der Waals surface area contributed by atoms with Crippen molar-refractivity contribution < 1.29 is 13.3 Å². The van der Waals surface area contributed by atoms with Gasteiger partial charge < -0.3 is 5.32 Å². The normalized spacial score (nSPS) is 11.3. The lowest BCUT2D eigenvalue weighted by molar-refractivity contribution is -0.383. The number of benzene rings is 1. The Labute approximate surface area is 120 Å². The van der Waals surface area contributed by atoms with E-state index in [1.807, 2.05) is 0 Å². The summed E-state index contributed by atoms with van der Waals surface area (Å²) in [6.45, 7) is 1.60. The molecule has 1 aromatic rings. The van der Waals surface area contributed by atoms with Crippen LogP contribution in [-0.4, -0.2) is 31.4 Å². The SMILES string of the molecule is CCS(=O)(=O)CCNc1cc(Cl)c(Cl)cc1[N+](=O)[O-]. The van der Waals surface area contributed by atoms with E-state index in [-0.39, 0.29) is 39.5 Å². The molecule has 0 unspecified atom stereocenters. The Bertz CT molecular complexity index is 589. The Balaban J connectivity index is 2.89. The molecule has 1 N–H and O–H groups in total. The second-order valence-corrected chi connectivity index (χ2v) is 6.99. The molecule has 1 aromatic carbocycles. The van der Waals surface area contributed by atoms with Gasteiger partial charge in [-0.2, -0.15) is 0 Å². The predicted molar refractivity (Wildman–Crippen MR) is 75.9 cm³/mol. The molecule has 0 amide bonds. The number of sulfone groups is 1. The van der Waals surface area contributed by atoms with E-state index in [0.717, 1.165) is 6.07 Å². The highest BCUT2D eigenvalue weighted by atomic mass is 35.5. The lowest BCUT2D eigenvalue weighted by atomic mass is 10.2. The average Bonchev–Trinajstić information content (AvgIpc) is 2.32. The monoisotopic (exact) mass is 326 g/mol. The van der Waals surface area contributed by atoms with Crippen molar-refractivity contribution in [2.45, 2.75) is 6.92 Å². The first-order valence-electron chi connectivity index (χ1n) is 5.34. The van der Waals surface area contributed by atoms with E-state index in [0.29, 0.717) is 0 Å². The zero-order valence-electron chi connectivity index (χ0n) is 10.0. The summed E-state index contributed by atoms with van der Waals surface area (Å²) in [7, 11) is -3.13. The average molecular weight is 327 g/mol. The summed E-state index contributed by atoms with van der Waals surface area (Å²) in [5, 5.41) is 13.8. The summed E-state index contributed by atoms with van der Waals surface area (Å²) >= 11 is 11.5. The zero-order chi connectivity index (χ0) is 14.6. The van der Waals surface area contributed by atoms with Crippen LogP contribution in [0.4, 0.5) is 11.4 Å². The number of nitrogens with zero attached hydrogens (tertiary/aromatic N) is 1. The van der Waals surface area contributed by atoms with Gasteiger partial charge in [-0.15, -0.1) is 0 Å². The molecule has 0 saturated carbocycles. The predicted octanol–water partition coefficient (Wildman–Crippen LogP) is 2.75. The fourth-order valence-electron chi connectivity index (χ4n) is 1.31. The number of halogens is 2. The van der Waals surface area contributed by atoms with Gasteiger partial charge in [-0.1, -0.05) is 30.1 Å². The maximum atomic E-state index is 11.3. The van der Waals surface area contributed by atoms with Crippen molar-refractivity contribution in [3.05, 3.63) is 32.3 Å². The number of hydrogen-bond donors (Lipinski definition) is 1. The lowest BCUT2D eigenvalue weighted by Crippen LogP contribution is -2.17. The zero-order valence-corrected chi connectivity index (χ0v) is 12.3. The van der Waals surface area contributed by atoms with E-state index in [2.05, 4.69) is 5.32 Å². The topological polar surface area (TPSA) is 89.3 Å². The summed E-state index contributed by atoms with van der Waals surface area (Å²) < 4.78 is 22.6. The molecule has 0 aliphatic carbocycles. The molecule has 0 aliphatic heterocycles. The quantitative estimate of drug-likeness (QED) is 0.641. The number of anilines is 1. The Morgan fingerprint density at radius 2 is 1.89 bits per heavy atom. The van der Waals surface area contributed by atoms with Gasteiger partial charge >= 0.3 is 0 Å². The maximum absolute atomic E-state index is 11.3. The van der Waals surface area contributed by atoms with Gasteiger partial charge in [-0.25, -0.2) is 8.42 Å². The highest BCUT2D eigenvalue weighted by Gasteiger charge is 2.17. The molecule has 1 rings (SSSR count). The number of rotatable bonds is 6. The smallest absolute Gasteiger partial charge is 0.293 e. The Hall–Kier alpha value is -1.05. The van der Waals surface area contributed by atoms with Gasteiger partial charge in [-0.3, -0.25) is 10.1 Å². The summed E-state index contributed by atoms with van der Waals surface area (Å²) in [6.07, 6.45) is 0. The Kier molecular flexibility index (Phi) is 5.39. The van der Waals surface area contributed by atoms with E-state index in [4.69, 9.17) is 23.2 Å². The number of nitro benzene ring substituents is 1. The molecular formula is C10H12Cl2N2O4S. The molecule has 0 atom stereocenters. The molecule has 0 radical (unpaired) electrons. The van der Waals surface area contributed by atoms with Crippen molar-refractivity contribution >= 4 is 44.4 Å². The third-order valence-corrected chi connectivity index (χ3v) is 4.83. The fraction of sp³-hybridized carbons (Fsp3) is 0.400. The second kappa shape index (κ2) is 6.40. The van der Waals surface area contributed by atoms with Crippen molar-refractivity contribution in [3.63, 3.8) is 0 Å². The first-order chi connectivity index (χ1) is 8.76. The molecule has 0 aliphatic rings. The van der Waals surface area contributed by atoms with Crippen LogP contribution in [0.25, 0.3) is 0 Å². The third kappa shape index (κ3) is 4.52. The Morgan fingerprint density at radius 1 is 1.32 bits per heavy atom. The third-order valence-electron chi connectivity index (χ3n) is 2.40. The standard InChI is InChI=1S/C10H12Cl2N2O4S/c1-2-19(17,18)4-3-13-9-5-7(11)8(12)6-10(9)14(15)16/h5-6,13H,2-4H2,1H3. The summed E-state index contributed by atoms with van der Waals surface area (Å²) in [6, 6.07) is 2.43. The first kappa shape index (κ1) is 16.0. The second-order valence-electron chi connectivity index (χ2n) is 3.70. The maximum Gasteiger partial charge on any atom is 0.293 e. The molecule has 6 nitrogen and oxygen atoms in total. The highest BCUT2D eigenvalue weighted by molar-refractivity contribution is 7.91. The van der Waals surface area contributed by atoms with E-state index in [1.165, 1.54) is 13.0 Å². The van der Waals surface area contributed by atoms with E-state index >= 15 is 0 Å². The number of nitrogens with one attached hydrogen (secondary N) is 1. The van der Waals surface area contributed by atoms with Gasteiger partial charge in [0.1, 0.15) is 5.69 Å². The number of hydrogen-bond acceptors (Lipinski definition) is 5. The highest BCUT2D eigenvalue weighted by Crippen LogP contribution is 2.33. The van der Waals surface area contributed by atoms with Crippen LogP contribution in [0.3, 0.4) is 0 Å². The molecule has 0 bridgehead atoms. The van der Waals surface area contributed by atoms with Crippen LogP contribution in [0.1, 0.15) is 6.92 Å². The lowest BCUT2D eigenvalue weighted by Gasteiger charge is -2.08. The molecule has 0 fully saturated rings. The van der Waals surface area contributed by atoms with E-state index < -0.39 is 14.8 Å². The molecule has 0 spiro atoms. The number of nitro groups is 1. The van der Waals surface area contributed by atoms with Gasteiger partial charge in [0.25, 0.3) is 5.69 Å². The van der Waals surface area contributed by atoms with E-state index in [9.17, 15) is 18.5 Å². The van der Waals surface area contributed by atoms with Crippen molar-refractivity contribution in [2.75, 3.05) is 23.4 Å². The van der Waals surface area contributed by atoms with Crippen LogP contribution in [0.2, 0.25) is 10.0 Å². The van der Waals surface area contributed by atoms with Gasteiger partial charge in [-0.05, 0) is 6.07 Å². The van der Waals surface area contributed by atoms with Gasteiger partial charge in [0.2, 0.25) is 0 Å². The molecular weight excluding hydrogens is 315 g/mol. The van der Waals surface area contributed by atoms with Crippen molar-refractivity contribution in [1.82, 2.24) is 0 Å². The molecule has 106 valence electrons. The minimum absolute atomic E-state index is 0.0259. The van der Waals surface area contributed by atoms with Gasteiger partial charge in [0.05, 0.1) is 20.7 Å². The minimum Gasteiger partial charge on any atom is -0.378 e. The first-order valence-corrected chi connectivity index (χ1v) is 7.92. The molecule has 0 heterocycles. The van der Waals surface area contributed by atoms with Crippen LogP contribution in [0, 0.1) is 10.1 Å². The van der Waals surface area contributed by atoms with Crippen LogP contribution in [0.5, 0.6) is 0 Å². The van der Waals surface area contributed by atoms with Crippen molar-refractivity contribution in [3.8, 4) is 0 Å². The summed E-state index contributed by atoms with van der Waals surface area (Å²) in [5.41, 5.74) is -0.103. The van der Waals surface area contributed by atoms with Crippen LogP contribution in [0.15, 0.2) is 12.1 Å². The molecule has 19 heavy (non-hydrogen) atoms. The Morgan fingerprint density at radius 3 is 2.42 bits per heavy atom. The van der Waals surface area contributed by atoms with Crippen LogP contribution >= 0.6 is 23.2 Å². The molecule has 0 saturated heterocycles. The summed E-state index contributed by atoms with van der Waals surface area (Å²) in [4.78, 5) is 10.2. The minimum atomic E-state index is -3.13. The molecule has 9 heteroatoms. The van der Waals surface area contributed by atoms with E-state index in [1.54, 1.807) is 0 Å². The van der Waals surface area contributed by atoms with Crippen LogP contribution in [-0.2, 0) is 9.84 Å². The van der Waals surface area contributed by atoms with Gasteiger partial charge in [0, 0.05) is 18.4 Å².